The molecule has 19 heavy (non-hydrogen) atoms. The van der Waals surface area contributed by atoms with Crippen LogP contribution in [0.5, 0.6) is 0 Å². The van der Waals surface area contributed by atoms with E-state index in [2.05, 4.69) is 36.8 Å². The molecule has 2 aromatic heterocycles. The number of nitrogens with zero attached hydrogens (tertiary/aromatic N) is 2. The van der Waals surface area contributed by atoms with Crippen LogP contribution in [-0.4, -0.2) is 9.55 Å². The van der Waals surface area contributed by atoms with Crippen molar-refractivity contribution in [3.05, 3.63) is 54.6 Å². The van der Waals surface area contributed by atoms with Crippen LogP contribution in [0.4, 0.5) is 5.69 Å². The first kappa shape index (κ1) is 14.3. The zero-order valence-electron chi connectivity index (χ0n) is 10.6. The van der Waals surface area contributed by atoms with E-state index in [0.717, 1.165) is 27.0 Å². The second-order valence-corrected chi connectivity index (χ2v) is 6.14. The minimum absolute atomic E-state index is 0.0939. The summed E-state index contributed by atoms with van der Waals surface area (Å²) in [5.74, 6) is 0. The van der Waals surface area contributed by atoms with Crippen molar-refractivity contribution >= 4 is 37.5 Å². The Morgan fingerprint density at radius 1 is 1.37 bits per heavy atom. The van der Waals surface area contributed by atoms with Crippen LogP contribution in [0.1, 0.15) is 16.8 Å². The number of rotatable bonds is 2. The molecule has 2 aromatic rings. The van der Waals surface area contributed by atoms with E-state index in [1.807, 2.05) is 13.8 Å². The summed E-state index contributed by atoms with van der Waals surface area (Å²) >= 11 is 6.62. The maximum Gasteiger partial charge on any atom is 0.265 e. The van der Waals surface area contributed by atoms with Gasteiger partial charge in [-0.1, -0.05) is 0 Å². The van der Waals surface area contributed by atoms with Gasteiger partial charge in [-0.3, -0.25) is 9.78 Å². The Kier molecular flexibility index (Phi) is 4.10. The fourth-order valence-corrected chi connectivity index (χ4v) is 3.05. The van der Waals surface area contributed by atoms with E-state index in [1.165, 1.54) is 0 Å². The average molecular weight is 387 g/mol. The molecule has 2 rings (SSSR count). The van der Waals surface area contributed by atoms with Crippen LogP contribution >= 0.6 is 31.9 Å². The average Bonchev–Trinajstić information content (AvgIpc) is 2.36. The highest BCUT2D eigenvalue weighted by Crippen LogP contribution is 2.19. The highest BCUT2D eigenvalue weighted by Gasteiger charge is 2.09. The summed E-state index contributed by atoms with van der Waals surface area (Å²) in [5, 5.41) is 0. The maximum atomic E-state index is 12.0. The molecule has 0 saturated heterocycles. The number of aromatic nitrogens is 2. The Balaban J connectivity index is 2.48. The number of nitrogen functional groups attached to an aromatic ring is 1. The first-order valence-corrected chi connectivity index (χ1v) is 7.24. The van der Waals surface area contributed by atoms with Gasteiger partial charge in [0.1, 0.15) is 0 Å². The maximum absolute atomic E-state index is 12.0. The molecule has 2 N–H and O–H groups in total. The van der Waals surface area contributed by atoms with Gasteiger partial charge in [-0.25, -0.2) is 0 Å². The van der Waals surface area contributed by atoms with E-state index < -0.39 is 0 Å². The van der Waals surface area contributed by atoms with Gasteiger partial charge in [0.15, 0.2) is 0 Å². The lowest BCUT2D eigenvalue weighted by Crippen LogP contribution is -2.22. The number of aryl methyl sites for hydroxylation is 1. The van der Waals surface area contributed by atoms with Crippen molar-refractivity contribution in [2.75, 3.05) is 5.73 Å². The predicted molar refractivity (Wildman–Crippen MR) is 83.3 cm³/mol. The SMILES string of the molecule is Cc1cnc(Cn2cc(Br)cc(Br)c2=O)c(C)c1N. The van der Waals surface area contributed by atoms with Gasteiger partial charge in [0, 0.05) is 22.6 Å². The van der Waals surface area contributed by atoms with Crippen molar-refractivity contribution in [3.8, 4) is 0 Å². The van der Waals surface area contributed by atoms with Crippen molar-refractivity contribution in [2.24, 2.45) is 0 Å². The van der Waals surface area contributed by atoms with Gasteiger partial charge in [0.2, 0.25) is 0 Å². The summed E-state index contributed by atoms with van der Waals surface area (Å²) in [5.41, 5.74) is 9.29. The highest BCUT2D eigenvalue weighted by atomic mass is 79.9. The third kappa shape index (κ3) is 2.90. The number of anilines is 1. The molecule has 6 heteroatoms. The second-order valence-electron chi connectivity index (χ2n) is 4.37. The molecule has 0 aliphatic rings. The largest absolute Gasteiger partial charge is 0.398 e. The molecule has 100 valence electrons. The quantitative estimate of drug-likeness (QED) is 0.862. The first-order chi connectivity index (χ1) is 8.90. The zero-order valence-corrected chi connectivity index (χ0v) is 13.7. The Morgan fingerprint density at radius 3 is 2.74 bits per heavy atom. The standard InChI is InChI=1S/C13H13Br2N3O/c1-7-4-17-11(8(2)12(7)16)6-18-5-9(14)3-10(15)13(18)19/h3-5H,6H2,1-2H3,(H2,16,17). The van der Waals surface area contributed by atoms with Crippen LogP contribution in [-0.2, 0) is 6.54 Å². The molecule has 0 aromatic carbocycles. The van der Waals surface area contributed by atoms with Crippen molar-refractivity contribution in [1.29, 1.82) is 0 Å². The van der Waals surface area contributed by atoms with E-state index in [9.17, 15) is 4.79 Å². The predicted octanol–water partition coefficient (Wildman–Crippen LogP) is 3.02. The molecule has 4 nitrogen and oxygen atoms in total. The molecule has 0 atom stereocenters. The molecule has 0 fully saturated rings. The van der Waals surface area contributed by atoms with E-state index in [-0.39, 0.29) is 5.56 Å². The topological polar surface area (TPSA) is 60.9 Å². The lowest BCUT2D eigenvalue weighted by atomic mass is 10.1. The van der Waals surface area contributed by atoms with Gasteiger partial charge in [0.25, 0.3) is 5.56 Å². The van der Waals surface area contributed by atoms with Gasteiger partial charge >= 0.3 is 0 Å². The minimum Gasteiger partial charge on any atom is -0.398 e. The van der Waals surface area contributed by atoms with Crippen molar-refractivity contribution < 1.29 is 0 Å². The Labute approximate surface area is 127 Å². The van der Waals surface area contributed by atoms with E-state index in [1.54, 1.807) is 23.0 Å². The summed E-state index contributed by atoms with van der Waals surface area (Å²) in [6.45, 7) is 4.23. The van der Waals surface area contributed by atoms with Gasteiger partial charge in [-0.05, 0) is 62.9 Å². The van der Waals surface area contributed by atoms with Crippen LogP contribution in [0, 0.1) is 13.8 Å². The fourth-order valence-electron chi connectivity index (χ4n) is 1.80. The van der Waals surface area contributed by atoms with Crippen molar-refractivity contribution in [3.63, 3.8) is 0 Å². The molecule has 0 bridgehead atoms. The first-order valence-electron chi connectivity index (χ1n) is 5.66. The molecule has 0 amide bonds. The summed E-state index contributed by atoms with van der Waals surface area (Å²) in [6, 6.07) is 1.72. The van der Waals surface area contributed by atoms with E-state index >= 15 is 0 Å². The minimum atomic E-state index is -0.0939. The van der Waals surface area contributed by atoms with Crippen LogP contribution in [0.25, 0.3) is 0 Å². The molecule has 0 radical (unpaired) electrons. The number of nitrogens with two attached hydrogens (primary N) is 1. The Bertz CT molecular complexity index is 695. The van der Waals surface area contributed by atoms with Crippen LogP contribution in [0.2, 0.25) is 0 Å². The summed E-state index contributed by atoms with van der Waals surface area (Å²) in [6.07, 6.45) is 3.47. The van der Waals surface area contributed by atoms with Crippen molar-refractivity contribution in [2.45, 2.75) is 20.4 Å². The monoisotopic (exact) mass is 385 g/mol. The second kappa shape index (κ2) is 5.46. The fraction of sp³-hybridized carbons (Fsp3) is 0.231. The zero-order chi connectivity index (χ0) is 14.2. The van der Waals surface area contributed by atoms with Gasteiger partial charge < -0.3 is 10.3 Å². The van der Waals surface area contributed by atoms with Crippen LogP contribution in [0.15, 0.2) is 32.2 Å². The lowest BCUT2D eigenvalue weighted by molar-refractivity contribution is 0.727. The smallest absolute Gasteiger partial charge is 0.265 e. The Morgan fingerprint density at radius 2 is 2.05 bits per heavy atom. The third-order valence-electron chi connectivity index (χ3n) is 3.00. The summed E-state index contributed by atoms with van der Waals surface area (Å²) in [4.78, 5) is 16.4. The van der Waals surface area contributed by atoms with Crippen molar-refractivity contribution in [1.82, 2.24) is 9.55 Å². The van der Waals surface area contributed by atoms with E-state index in [0.29, 0.717) is 11.0 Å². The lowest BCUT2D eigenvalue weighted by Gasteiger charge is -2.12. The summed E-state index contributed by atoms with van der Waals surface area (Å²) < 4.78 is 2.94. The number of pyridine rings is 2. The van der Waals surface area contributed by atoms with Gasteiger partial charge in [0.05, 0.1) is 16.7 Å². The Hall–Kier alpha value is -1.14. The van der Waals surface area contributed by atoms with Crippen LogP contribution in [0.3, 0.4) is 0 Å². The van der Waals surface area contributed by atoms with Crippen LogP contribution < -0.4 is 11.3 Å². The van der Waals surface area contributed by atoms with Gasteiger partial charge in [-0.2, -0.15) is 0 Å². The number of hydrogen-bond donors (Lipinski definition) is 1. The number of hydrogen-bond acceptors (Lipinski definition) is 3. The molecule has 0 saturated carbocycles. The molecular formula is C13H13Br2N3O. The molecule has 0 aliphatic carbocycles. The highest BCUT2D eigenvalue weighted by molar-refractivity contribution is 9.11. The molecular weight excluding hydrogens is 374 g/mol. The number of halogens is 2. The molecule has 2 heterocycles. The van der Waals surface area contributed by atoms with E-state index in [4.69, 9.17) is 5.73 Å². The molecule has 0 unspecified atom stereocenters. The summed E-state index contributed by atoms with van der Waals surface area (Å²) in [7, 11) is 0. The molecule has 0 aliphatic heterocycles. The normalized spacial score (nSPS) is 10.7. The van der Waals surface area contributed by atoms with Gasteiger partial charge in [-0.15, -0.1) is 0 Å². The molecule has 0 spiro atoms. The third-order valence-corrected chi connectivity index (χ3v) is 4.01.